The molecule has 2 fully saturated rings. The predicted octanol–water partition coefficient (Wildman–Crippen LogP) is -0.110. The van der Waals surface area contributed by atoms with Crippen molar-refractivity contribution < 1.29 is 13.2 Å². The highest BCUT2D eigenvalue weighted by Crippen LogP contribution is 2.41. The topological polar surface area (TPSA) is 57.7 Å². The van der Waals surface area contributed by atoms with Gasteiger partial charge in [0.05, 0.1) is 11.7 Å². The largest absolute Gasteiger partial charge is 0.342 e. The minimum atomic E-state index is -3.15. The molecule has 6 heteroatoms. The first-order valence-electron chi connectivity index (χ1n) is 5.63. The lowest BCUT2D eigenvalue weighted by Crippen LogP contribution is -2.38. The van der Waals surface area contributed by atoms with Gasteiger partial charge in [-0.2, -0.15) is 0 Å². The molecule has 0 aromatic carbocycles. The van der Waals surface area contributed by atoms with Gasteiger partial charge < -0.3 is 4.90 Å². The minimum Gasteiger partial charge on any atom is -0.342 e. The van der Waals surface area contributed by atoms with Crippen molar-refractivity contribution in [2.24, 2.45) is 5.41 Å². The molecule has 2 heterocycles. The van der Waals surface area contributed by atoms with E-state index in [1.807, 2.05) is 11.8 Å². The highest BCUT2D eigenvalue weighted by atomic mass is 32.2. The molecule has 0 N–H and O–H groups in total. The molecule has 2 aliphatic rings. The zero-order valence-corrected chi connectivity index (χ0v) is 10.6. The number of carbonyl (C=O) groups excluding carboxylic acids is 1. The number of nitrogens with zero attached hydrogens (tertiary/aromatic N) is 2. The maximum atomic E-state index is 12.1. The van der Waals surface area contributed by atoms with E-state index in [9.17, 15) is 13.2 Å². The summed E-state index contributed by atoms with van der Waals surface area (Å²) in [5.41, 5.74) is -0.418. The average Bonchev–Trinajstić information content (AvgIpc) is 2.74. The van der Waals surface area contributed by atoms with Gasteiger partial charge in [-0.15, -0.1) is 0 Å². The van der Waals surface area contributed by atoms with E-state index in [4.69, 9.17) is 0 Å². The molecule has 1 unspecified atom stereocenters. The lowest BCUT2D eigenvalue weighted by Gasteiger charge is -2.22. The summed E-state index contributed by atoms with van der Waals surface area (Å²) in [6, 6.07) is 0. The van der Waals surface area contributed by atoms with Crippen molar-refractivity contribution in [1.29, 1.82) is 0 Å². The van der Waals surface area contributed by atoms with Gasteiger partial charge in [-0.1, -0.05) is 0 Å². The Morgan fingerprint density at radius 1 is 1.31 bits per heavy atom. The molecule has 2 rings (SSSR count). The van der Waals surface area contributed by atoms with Crippen LogP contribution in [0.15, 0.2) is 0 Å². The van der Waals surface area contributed by atoms with Crippen LogP contribution in [0.25, 0.3) is 0 Å². The molecule has 2 aliphatic heterocycles. The molecule has 16 heavy (non-hydrogen) atoms. The van der Waals surface area contributed by atoms with Gasteiger partial charge in [0, 0.05) is 26.2 Å². The van der Waals surface area contributed by atoms with Crippen LogP contribution < -0.4 is 0 Å². The molecular formula is C10H18N2O3S. The Kier molecular flexibility index (Phi) is 2.74. The number of hydrogen-bond donors (Lipinski definition) is 0. The summed E-state index contributed by atoms with van der Waals surface area (Å²) in [6.45, 7) is 4.32. The van der Waals surface area contributed by atoms with Gasteiger partial charge in [-0.05, 0) is 19.8 Å². The van der Waals surface area contributed by atoms with E-state index < -0.39 is 15.4 Å². The second-order valence-corrected chi connectivity index (χ2v) is 6.74. The van der Waals surface area contributed by atoms with Crippen LogP contribution in [0.4, 0.5) is 0 Å². The number of rotatable bonds is 2. The normalized spacial score (nSPS) is 31.9. The third-order valence-corrected chi connectivity index (χ3v) is 5.02. The van der Waals surface area contributed by atoms with E-state index in [1.54, 1.807) is 0 Å². The van der Waals surface area contributed by atoms with Crippen LogP contribution in [0.3, 0.4) is 0 Å². The maximum absolute atomic E-state index is 12.1. The Labute approximate surface area is 96.5 Å². The van der Waals surface area contributed by atoms with Gasteiger partial charge in [0.1, 0.15) is 0 Å². The molecule has 0 aromatic rings. The van der Waals surface area contributed by atoms with Crippen LogP contribution in [0.1, 0.15) is 19.8 Å². The van der Waals surface area contributed by atoms with Crippen molar-refractivity contribution in [3.8, 4) is 0 Å². The molecular weight excluding hydrogens is 228 g/mol. The Balaban J connectivity index is 2.17. The average molecular weight is 246 g/mol. The second kappa shape index (κ2) is 3.70. The van der Waals surface area contributed by atoms with Gasteiger partial charge in [-0.25, -0.2) is 12.7 Å². The van der Waals surface area contributed by atoms with E-state index >= 15 is 0 Å². The predicted molar refractivity (Wildman–Crippen MR) is 60.3 cm³/mol. The summed E-state index contributed by atoms with van der Waals surface area (Å²) >= 11 is 0. The lowest BCUT2D eigenvalue weighted by atomic mass is 9.86. The quantitative estimate of drug-likeness (QED) is 0.683. The van der Waals surface area contributed by atoms with Crippen molar-refractivity contribution in [2.75, 3.05) is 32.4 Å². The third kappa shape index (κ3) is 1.73. The molecule has 1 amide bonds. The van der Waals surface area contributed by atoms with Crippen LogP contribution in [-0.2, 0) is 14.8 Å². The third-order valence-electron chi connectivity index (χ3n) is 3.77. The van der Waals surface area contributed by atoms with Gasteiger partial charge in [0.2, 0.25) is 15.9 Å². The van der Waals surface area contributed by atoms with E-state index in [2.05, 4.69) is 0 Å². The van der Waals surface area contributed by atoms with E-state index in [1.165, 1.54) is 10.6 Å². The summed E-state index contributed by atoms with van der Waals surface area (Å²) in [4.78, 5) is 14.0. The maximum Gasteiger partial charge on any atom is 0.230 e. The lowest BCUT2D eigenvalue weighted by molar-refractivity contribution is -0.135. The Morgan fingerprint density at radius 3 is 2.38 bits per heavy atom. The van der Waals surface area contributed by atoms with Crippen molar-refractivity contribution >= 4 is 15.9 Å². The van der Waals surface area contributed by atoms with Gasteiger partial charge >= 0.3 is 0 Å². The minimum absolute atomic E-state index is 0.140. The molecule has 92 valence electrons. The summed E-state index contributed by atoms with van der Waals surface area (Å²) < 4.78 is 24.3. The number of sulfonamides is 1. The van der Waals surface area contributed by atoms with Gasteiger partial charge in [0.25, 0.3) is 0 Å². The van der Waals surface area contributed by atoms with Crippen molar-refractivity contribution in [3.63, 3.8) is 0 Å². The molecule has 0 aliphatic carbocycles. The smallest absolute Gasteiger partial charge is 0.230 e. The Hall–Kier alpha value is -0.620. The zero-order chi connectivity index (χ0) is 12.0. The number of likely N-dealkylation sites (tertiary alicyclic amines) is 1. The molecule has 0 aromatic heterocycles. The zero-order valence-electron chi connectivity index (χ0n) is 9.77. The summed E-state index contributed by atoms with van der Waals surface area (Å²) in [5.74, 6) is 0.140. The van der Waals surface area contributed by atoms with Crippen molar-refractivity contribution in [3.05, 3.63) is 0 Å². The fourth-order valence-corrected chi connectivity index (χ4v) is 3.60. The van der Waals surface area contributed by atoms with Crippen LogP contribution in [0.5, 0.6) is 0 Å². The molecule has 0 saturated carbocycles. The Morgan fingerprint density at radius 2 is 1.94 bits per heavy atom. The van der Waals surface area contributed by atoms with E-state index in [0.717, 1.165) is 19.5 Å². The van der Waals surface area contributed by atoms with Crippen molar-refractivity contribution in [1.82, 2.24) is 9.21 Å². The second-order valence-electron chi connectivity index (χ2n) is 4.76. The highest BCUT2D eigenvalue weighted by molar-refractivity contribution is 7.88. The Bertz CT molecular complexity index is 406. The fraction of sp³-hybridized carbons (Fsp3) is 0.900. The number of amides is 1. The fourth-order valence-electron chi connectivity index (χ4n) is 2.69. The van der Waals surface area contributed by atoms with E-state index in [-0.39, 0.29) is 5.91 Å². The van der Waals surface area contributed by atoms with Gasteiger partial charge in [-0.3, -0.25) is 4.79 Å². The van der Waals surface area contributed by atoms with Crippen molar-refractivity contribution in [2.45, 2.75) is 19.8 Å². The summed E-state index contributed by atoms with van der Waals surface area (Å²) in [7, 11) is -3.15. The SMILES string of the molecule is CCN1CCC2(CCN(S(C)(=O)=O)C2)C1=O. The van der Waals surface area contributed by atoms with Crippen LogP contribution in [0.2, 0.25) is 0 Å². The number of carbonyl (C=O) groups is 1. The van der Waals surface area contributed by atoms with E-state index in [0.29, 0.717) is 19.5 Å². The molecule has 0 bridgehead atoms. The summed E-state index contributed by atoms with van der Waals surface area (Å²) in [5, 5.41) is 0. The monoisotopic (exact) mass is 246 g/mol. The summed E-state index contributed by atoms with van der Waals surface area (Å²) in [6.07, 6.45) is 2.68. The first-order chi connectivity index (χ1) is 7.39. The molecule has 5 nitrogen and oxygen atoms in total. The first-order valence-corrected chi connectivity index (χ1v) is 7.48. The molecule has 2 saturated heterocycles. The van der Waals surface area contributed by atoms with Gasteiger partial charge in [0.15, 0.2) is 0 Å². The molecule has 1 atom stereocenters. The molecule has 0 radical (unpaired) electrons. The van der Waals surface area contributed by atoms with Crippen LogP contribution in [-0.4, -0.2) is 56.0 Å². The van der Waals surface area contributed by atoms with Crippen LogP contribution in [0, 0.1) is 5.41 Å². The van der Waals surface area contributed by atoms with Crippen LogP contribution >= 0.6 is 0 Å². The standard InChI is InChI=1S/C10H18N2O3S/c1-3-11-6-4-10(9(11)13)5-7-12(8-10)16(2,14)15/h3-8H2,1-2H3. The number of hydrogen-bond acceptors (Lipinski definition) is 3. The molecule has 1 spiro atoms. The first kappa shape index (κ1) is 11.9. The highest BCUT2D eigenvalue weighted by Gasteiger charge is 2.51.